The van der Waals surface area contributed by atoms with Gasteiger partial charge in [-0.15, -0.1) is 0 Å². The Labute approximate surface area is 135 Å². The molecule has 0 N–H and O–H groups in total. The number of ether oxygens (including phenoxy) is 2. The predicted molar refractivity (Wildman–Crippen MR) is 89.5 cm³/mol. The molecule has 0 aromatic heterocycles. The van der Waals surface area contributed by atoms with Crippen LogP contribution < -0.4 is 4.90 Å². The summed E-state index contributed by atoms with van der Waals surface area (Å²) in [5.74, 6) is -0.510. The number of esters is 1. The first-order valence-corrected chi connectivity index (χ1v) is 7.36. The molecule has 0 radical (unpaired) electrons. The van der Waals surface area contributed by atoms with Crippen LogP contribution in [0.5, 0.6) is 0 Å². The van der Waals surface area contributed by atoms with Gasteiger partial charge in [-0.05, 0) is 43.7 Å². The average molecular weight is 315 g/mol. The summed E-state index contributed by atoms with van der Waals surface area (Å²) in [7, 11) is 1.29. The van der Waals surface area contributed by atoms with E-state index in [4.69, 9.17) is 4.74 Å². The van der Waals surface area contributed by atoms with Gasteiger partial charge in [0.1, 0.15) is 12.1 Å². The highest BCUT2D eigenvalue weighted by Crippen LogP contribution is 2.24. The van der Waals surface area contributed by atoms with Crippen LogP contribution >= 0.6 is 0 Å². The Morgan fingerprint density at radius 3 is 2.30 bits per heavy atom. The molecule has 23 heavy (non-hydrogen) atoms. The summed E-state index contributed by atoms with van der Waals surface area (Å²) in [6, 6.07) is 13.3. The van der Waals surface area contributed by atoms with Crippen LogP contribution in [0.25, 0.3) is 10.8 Å². The van der Waals surface area contributed by atoms with Crippen molar-refractivity contribution in [2.75, 3.05) is 18.6 Å². The van der Waals surface area contributed by atoms with Crippen LogP contribution in [0.2, 0.25) is 0 Å². The van der Waals surface area contributed by atoms with Gasteiger partial charge in [0.25, 0.3) is 0 Å². The van der Waals surface area contributed by atoms with Gasteiger partial charge in [-0.25, -0.2) is 4.79 Å². The van der Waals surface area contributed by atoms with E-state index in [1.165, 1.54) is 12.0 Å². The SMILES string of the molecule is COC(=O)CN(C(=O)OC(C)(C)C)c1ccc2ccccc2c1. The maximum absolute atomic E-state index is 12.4. The van der Waals surface area contributed by atoms with Gasteiger partial charge >= 0.3 is 12.1 Å². The minimum atomic E-state index is -0.650. The number of amides is 1. The molecule has 0 fully saturated rings. The molecule has 0 bridgehead atoms. The van der Waals surface area contributed by atoms with E-state index in [0.29, 0.717) is 5.69 Å². The van der Waals surface area contributed by atoms with Crippen molar-refractivity contribution in [3.05, 3.63) is 42.5 Å². The molecule has 0 aliphatic carbocycles. The molecule has 122 valence electrons. The number of fused-ring (bicyclic) bond motifs is 1. The number of hydrogen-bond donors (Lipinski definition) is 0. The van der Waals surface area contributed by atoms with Crippen molar-refractivity contribution >= 4 is 28.5 Å². The Hall–Kier alpha value is -2.56. The Morgan fingerprint density at radius 2 is 1.70 bits per heavy atom. The van der Waals surface area contributed by atoms with Crippen molar-refractivity contribution in [3.63, 3.8) is 0 Å². The number of anilines is 1. The van der Waals surface area contributed by atoms with Gasteiger partial charge in [0.05, 0.1) is 7.11 Å². The summed E-state index contributed by atoms with van der Waals surface area (Å²) >= 11 is 0. The summed E-state index contributed by atoms with van der Waals surface area (Å²) in [4.78, 5) is 25.4. The lowest BCUT2D eigenvalue weighted by Gasteiger charge is -2.27. The zero-order valence-corrected chi connectivity index (χ0v) is 13.8. The normalized spacial score (nSPS) is 11.1. The van der Waals surface area contributed by atoms with Crippen LogP contribution in [-0.2, 0) is 14.3 Å². The molecule has 0 unspecified atom stereocenters. The third kappa shape index (κ3) is 4.45. The summed E-state index contributed by atoms with van der Waals surface area (Å²) < 4.78 is 10.1. The topological polar surface area (TPSA) is 55.8 Å². The first kappa shape index (κ1) is 16.8. The highest BCUT2D eigenvalue weighted by molar-refractivity contribution is 5.96. The van der Waals surface area contributed by atoms with Crippen molar-refractivity contribution in [1.29, 1.82) is 0 Å². The van der Waals surface area contributed by atoms with E-state index in [-0.39, 0.29) is 6.54 Å². The summed E-state index contributed by atoms with van der Waals surface area (Å²) in [5, 5.41) is 2.03. The molecule has 0 aliphatic rings. The van der Waals surface area contributed by atoms with Gasteiger partial charge in [-0.3, -0.25) is 9.69 Å². The second kappa shape index (κ2) is 6.69. The number of carbonyl (C=O) groups is 2. The molecule has 0 saturated carbocycles. The summed E-state index contributed by atoms with van der Waals surface area (Å²) in [5.41, 5.74) is -0.0641. The molecule has 0 spiro atoms. The summed E-state index contributed by atoms with van der Waals surface area (Å²) in [6.07, 6.45) is -0.585. The van der Waals surface area contributed by atoms with Crippen LogP contribution in [0.1, 0.15) is 20.8 Å². The van der Waals surface area contributed by atoms with E-state index in [2.05, 4.69) is 4.74 Å². The molecule has 2 aromatic carbocycles. The molecule has 0 heterocycles. The minimum Gasteiger partial charge on any atom is -0.468 e. The van der Waals surface area contributed by atoms with Crippen LogP contribution in [0.15, 0.2) is 42.5 Å². The highest BCUT2D eigenvalue weighted by atomic mass is 16.6. The maximum atomic E-state index is 12.4. The number of methoxy groups -OCH3 is 1. The molecule has 2 aromatic rings. The fourth-order valence-electron chi connectivity index (χ4n) is 2.12. The maximum Gasteiger partial charge on any atom is 0.415 e. The van der Waals surface area contributed by atoms with Gasteiger partial charge in [0.2, 0.25) is 0 Å². The van der Waals surface area contributed by atoms with Crippen molar-refractivity contribution in [3.8, 4) is 0 Å². The monoisotopic (exact) mass is 315 g/mol. The van der Waals surface area contributed by atoms with Crippen molar-refractivity contribution in [2.45, 2.75) is 26.4 Å². The first-order chi connectivity index (χ1) is 10.8. The first-order valence-electron chi connectivity index (χ1n) is 7.36. The molecule has 2 rings (SSSR count). The standard InChI is InChI=1S/C18H21NO4/c1-18(2,3)23-17(21)19(12-16(20)22-4)15-10-9-13-7-5-6-8-14(13)11-15/h5-11H,12H2,1-4H3. The number of rotatable bonds is 3. The highest BCUT2D eigenvalue weighted by Gasteiger charge is 2.25. The number of benzene rings is 2. The largest absolute Gasteiger partial charge is 0.468 e. The van der Waals surface area contributed by atoms with Gasteiger partial charge in [-0.2, -0.15) is 0 Å². The smallest absolute Gasteiger partial charge is 0.415 e. The lowest BCUT2D eigenvalue weighted by Crippen LogP contribution is -2.40. The fraction of sp³-hybridized carbons (Fsp3) is 0.333. The van der Waals surface area contributed by atoms with Crippen LogP contribution in [-0.4, -0.2) is 31.3 Å². The Balaban J connectivity index is 2.37. The number of hydrogen-bond acceptors (Lipinski definition) is 4. The van der Waals surface area contributed by atoms with Crippen molar-refractivity contribution in [2.24, 2.45) is 0 Å². The molecule has 1 amide bonds. The van der Waals surface area contributed by atoms with E-state index in [1.54, 1.807) is 26.8 Å². The molecule has 0 aliphatic heterocycles. The molecule has 0 saturated heterocycles. The van der Waals surface area contributed by atoms with Crippen LogP contribution in [0.4, 0.5) is 10.5 Å². The van der Waals surface area contributed by atoms with E-state index in [0.717, 1.165) is 10.8 Å². The second-order valence-electron chi connectivity index (χ2n) is 6.17. The Bertz CT molecular complexity index is 718. The van der Waals surface area contributed by atoms with Gasteiger partial charge < -0.3 is 9.47 Å². The van der Waals surface area contributed by atoms with E-state index >= 15 is 0 Å². The lowest BCUT2D eigenvalue weighted by atomic mass is 10.1. The van der Waals surface area contributed by atoms with Gasteiger partial charge in [-0.1, -0.05) is 30.3 Å². The van der Waals surface area contributed by atoms with Crippen LogP contribution in [0, 0.1) is 0 Å². The third-order valence-electron chi connectivity index (χ3n) is 3.17. The molecular weight excluding hydrogens is 294 g/mol. The fourth-order valence-corrected chi connectivity index (χ4v) is 2.12. The quantitative estimate of drug-likeness (QED) is 0.809. The average Bonchev–Trinajstić information content (AvgIpc) is 2.50. The minimum absolute atomic E-state index is 0.205. The number of carbonyl (C=O) groups excluding carboxylic acids is 2. The molecule has 5 nitrogen and oxygen atoms in total. The Morgan fingerprint density at radius 1 is 1.04 bits per heavy atom. The van der Waals surface area contributed by atoms with E-state index < -0.39 is 17.7 Å². The van der Waals surface area contributed by atoms with Crippen molar-refractivity contribution in [1.82, 2.24) is 0 Å². The third-order valence-corrected chi connectivity index (χ3v) is 3.17. The summed E-state index contributed by atoms with van der Waals surface area (Å²) in [6.45, 7) is 5.13. The zero-order valence-electron chi connectivity index (χ0n) is 13.8. The van der Waals surface area contributed by atoms with E-state index in [9.17, 15) is 9.59 Å². The Kier molecular flexibility index (Phi) is 4.89. The lowest BCUT2D eigenvalue weighted by molar-refractivity contribution is -0.139. The predicted octanol–water partition coefficient (Wildman–Crippen LogP) is 3.75. The number of nitrogens with zero attached hydrogens (tertiary/aromatic N) is 1. The van der Waals surface area contributed by atoms with E-state index in [1.807, 2.05) is 36.4 Å². The van der Waals surface area contributed by atoms with Crippen LogP contribution in [0.3, 0.4) is 0 Å². The second-order valence-corrected chi connectivity index (χ2v) is 6.17. The zero-order chi connectivity index (χ0) is 17.0. The van der Waals surface area contributed by atoms with Gasteiger partial charge in [0.15, 0.2) is 0 Å². The molecular formula is C18H21NO4. The van der Waals surface area contributed by atoms with Gasteiger partial charge in [0, 0.05) is 5.69 Å². The molecule has 5 heteroatoms. The van der Waals surface area contributed by atoms with Crippen molar-refractivity contribution < 1.29 is 19.1 Å². The molecule has 0 atom stereocenters.